The summed E-state index contributed by atoms with van der Waals surface area (Å²) in [5.41, 5.74) is 0. The largest absolute Gasteiger partial charge is 0.462 e. The van der Waals surface area contributed by atoms with E-state index in [1.807, 2.05) is 0 Å². The number of rotatable bonds is 64. The van der Waals surface area contributed by atoms with E-state index in [-0.39, 0.29) is 25.2 Å². The lowest BCUT2D eigenvalue weighted by atomic mass is 10.0. The quantitative estimate of drug-likeness (QED) is 0.0373. The summed E-state index contributed by atoms with van der Waals surface area (Å²) in [5.74, 6) is -0.576. The number of hydrogen-bond donors (Lipinski definition) is 1. The number of carbonyl (C=O) groups is 2. The van der Waals surface area contributed by atoms with Crippen molar-refractivity contribution in [2.75, 3.05) is 13.2 Å². The molecule has 0 saturated heterocycles. The zero-order chi connectivity index (χ0) is 56.2. The Morgan fingerprint density at radius 2 is 0.551 bits per heavy atom. The van der Waals surface area contributed by atoms with Crippen molar-refractivity contribution in [3.05, 3.63) is 72.9 Å². The monoisotopic (exact) mass is 1090 g/mol. The Hall–Kier alpha value is -2.66. The van der Waals surface area contributed by atoms with E-state index in [2.05, 4.69) is 86.8 Å². The van der Waals surface area contributed by atoms with Crippen molar-refractivity contribution in [1.82, 2.24) is 0 Å². The van der Waals surface area contributed by atoms with Crippen LogP contribution in [-0.4, -0.2) is 36.4 Å². The van der Waals surface area contributed by atoms with E-state index in [1.54, 1.807) is 0 Å². The maximum atomic E-state index is 12.4. The second-order valence-corrected chi connectivity index (χ2v) is 23.2. The van der Waals surface area contributed by atoms with Crippen LogP contribution < -0.4 is 0 Å². The fraction of sp³-hybridized carbons (Fsp3) is 0.808. The summed E-state index contributed by atoms with van der Waals surface area (Å²) in [6, 6.07) is 0. The van der Waals surface area contributed by atoms with Gasteiger partial charge in [0.15, 0.2) is 6.10 Å². The molecule has 0 aromatic rings. The molecule has 1 N–H and O–H groups in total. The molecule has 0 saturated carbocycles. The van der Waals surface area contributed by atoms with E-state index < -0.39 is 6.10 Å². The summed E-state index contributed by atoms with van der Waals surface area (Å²) in [6.07, 6.45) is 95.1. The standard InChI is InChI=1S/C73H132O5/c1-3-5-7-9-11-13-15-17-19-21-23-25-27-29-31-33-34-35-36-37-38-40-41-43-45-47-49-51-53-55-57-59-61-63-65-67-72(75)77-70-71(69-74)78-73(76)68-66-64-62-60-58-56-54-52-50-48-46-44-42-39-32-30-28-26-24-22-20-18-16-14-12-10-8-6-4-2/h6,8,12,14,18,20-21,23-24,26,30,32,71,74H,3-5,7,9-11,13,15-17,19,22,25,27-29,31,33-70H2,1-2H3/b8-6-,14-12-,20-18-,23-21-,26-24-,32-30-. The first kappa shape index (κ1) is 75.3. The van der Waals surface area contributed by atoms with Crippen LogP contribution in [0, 0.1) is 0 Å². The minimum atomic E-state index is -0.775. The summed E-state index contributed by atoms with van der Waals surface area (Å²) in [6.45, 7) is 4.07. The molecule has 0 aromatic heterocycles. The third-order valence-electron chi connectivity index (χ3n) is 15.5. The van der Waals surface area contributed by atoms with E-state index in [9.17, 15) is 14.7 Å². The lowest BCUT2D eigenvalue weighted by Crippen LogP contribution is -2.28. The predicted molar refractivity (Wildman–Crippen MR) is 343 cm³/mol. The highest BCUT2D eigenvalue weighted by atomic mass is 16.6. The van der Waals surface area contributed by atoms with Crippen LogP contribution in [0.5, 0.6) is 0 Å². The van der Waals surface area contributed by atoms with Crippen LogP contribution in [0.3, 0.4) is 0 Å². The van der Waals surface area contributed by atoms with Gasteiger partial charge in [0.2, 0.25) is 0 Å². The van der Waals surface area contributed by atoms with Crippen molar-refractivity contribution < 1.29 is 24.2 Å². The Kier molecular flexibility index (Phi) is 66.3. The highest BCUT2D eigenvalue weighted by Gasteiger charge is 2.16. The number of carbonyl (C=O) groups excluding carboxylic acids is 2. The molecule has 0 spiro atoms. The van der Waals surface area contributed by atoms with Crippen LogP contribution in [0.4, 0.5) is 0 Å². The molecule has 0 amide bonds. The number of allylic oxidation sites excluding steroid dienone is 12. The Labute approximate surface area is 486 Å². The van der Waals surface area contributed by atoms with Gasteiger partial charge in [-0.3, -0.25) is 9.59 Å². The van der Waals surface area contributed by atoms with Gasteiger partial charge in [-0.05, 0) is 83.5 Å². The fourth-order valence-corrected chi connectivity index (χ4v) is 10.3. The van der Waals surface area contributed by atoms with Gasteiger partial charge < -0.3 is 14.6 Å². The molecule has 0 radical (unpaired) electrons. The average molecular weight is 1090 g/mol. The van der Waals surface area contributed by atoms with E-state index >= 15 is 0 Å². The van der Waals surface area contributed by atoms with Crippen molar-refractivity contribution in [3.8, 4) is 0 Å². The number of hydrogen-bond acceptors (Lipinski definition) is 5. The van der Waals surface area contributed by atoms with Gasteiger partial charge in [-0.2, -0.15) is 0 Å². The van der Waals surface area contributed by atoms with Crippen LogP contribution in [0.1, 0.15) is 361 Å². The van der Waals surface area contributed by atoms with Gasteiger partial charge in [0, 0.05) is 12.8 Å². The highest BCUT2D eigenvalue weighted by molar-refractivity contribution is 5.70. The molecule has 454 valence electrons. The van der Waals surface area contributed by atoms with Gasteiger partial charge in [-0.25, -0.2) is 0 Å². The van der Waals surface area contributed by atoms with Crippen molar-refractivity contribution >= 4 is 11.9 Å². The lowest BCUT2D eigenvalue weighted by Gasteiger charge is -2.15. The summed E-state index contributed by atoms with van der Waals surface area (Å²) >= 11 is 0. The summed E-state index contributed by atoms with van der Waals surface area (Å²) in [7, 11) is 0. The SMILES string of the molecule is CC/C=C\C/C=C\C/C=C\C/C=C\C/C=C\CCCCCCCCCCCCCCCC(=O)OC(CO)COC(=O)CCCCCCCCCCCCCCCCCCCCCCCCC/C=C\CCCCCCCCCC. The molecule has 1 unspecified atom stereocenters. The molecule has 78 heavy (non-hydrogen) atoms. The van der Waals surface area contributed by atoms with E-state index in [0.29, 0.717) is 12.8 Å². The number of unbranched alkanes of at least 4 members (excludes halogenated alkanes) is 44. The number of aliphatic hydroxyl groups excluding tert-OH is 1. The third kappa shape index (κ3) is 65.9. The van der Waals surface area contributed by atoms with E-state index in [1.165, 1.54) is 263 Å². The van der Waals surface area contributed by atoms with Crippen LogP contribution in [-0.2, 0) is 19.1 Å². The zero-order valence-electron chi connectivity index (χ0n) is 52.2. The molecule has 5 heteroatoms. The second kappa shape index (κ2) is 68.6. The number of aliphatic hydroxyl groups is 1. The molecule has 0 rings (SSSR count). The Morgan fingerprint density at radius 1 is 0.308 bits per heavy atom. The molecule has 0 aromatic carbocycles. The Balaban J connectivity index is 3.42. The topological polar surface area (TPSA) is 72.8 Å². The average Bonchev–Trinajstić information content (AvgIpc) is 3.44. The lowest BCUT2D eigenvalue weighted by molar-refractivity contribution is -0.161. The molecular weight excluding hydrogens is 957 g/mol. The van der Waals surface area contributed by atoms with Gasteiger partial charge in [0.05, 0.1) is 6.61 Å². The van der Waals surface area contributed by atoms with Crippen molar-refractivity contribution in [2.45, 2.75) is 367 Å². The smallest absolute Gasteiger partial charge is 0.306 e. The molecule has 0 bridgehead atoms. The maximum Gasteiger partial charge on any atom is 0.306 e. The Bertz CT molecular complexity index is 1370. The minimum absolute atomic E-state index is 0.0641. The third-order valence-corrected chi connectivity index (χ3v) is 15.5. The van der Waals surface area contributed by atoms with Crippen molar-refractivity contribution in [1.29, 1.82) is 0 Å². The first-order chi connectivity index (χ1) is 38.6. The first-order valence-corrected chi connectivity index (χ1v) is 34.5. The van der Waals surface area contributed by atoms with Crippen molar-refractivity contribution in [2.24, 2.45) is 0 Å². The summed E-state index contributed by atoms with van der Waals surface area (Å²) in [5, 5.41) is 9.70. The molecular formula is C73H132O5. The first-order valence-electron chi connectivity index (χ1n) is 34.5. The molecule has 0 fully saturated rings. The number of esters is 2. The summed E-state index contributed by atoms with van der Waals surface area (Å²) in [4.78, 5) is 24.6. The van der Waals surface area contributed by atoms with Gasteiger partial charge in [-0.15, -0.1) is 0 Å². The van der Waals surface area contributed by atoms with Crippen LogP contribution in [0.15, 0.2) is 72.9 Å². The molecule has 0 aliphatic carbocycles. The molecule has 0 heterocycles. The van der Waals surface area contributed by atoms with E-state index in [0.717, 1.165) is 70.6 Å². The highest BCUT2D eigenvalue weighted by Crippen LogP contribution is 2.18. The van der Waals surface area contributed by atoms with Gasteiger partial charge >= 0.3 is 11.9 Å². The van der Waals surface area contributed by atoms with Crippen LogP contribution in [0.2, 0.25) is 0 Å². The molecule has 1 atom stereocenters. The van der Waals surface area contributed by atoms with Gasteiger partial charge in [0.25, 0.3) is 0 Å². The maximum absolute atomic E-state index is 12.4. The Morgan fingerprint density at radius 3 is 0.846 bits per heavy atom. The normalized spacial score (nSPS) is 12.6. The minimum Gasteiger partial charge on any atom is -0.462 e. The van der Waals surface area contributed by atoms with Crippen molar-refractivity contribution in [3.63, 3.8) is 0 Å². The zero-order valence-corrected chi connectivity index (χ0v) is 52.2. The molecule has 0 aliphatic heterocycles. The fourth-order valence-electron chi connectivity index (χ4n) is 10.3. The second-order valence-electron chi connectivity index (χ2n) is 23.2. The van der Waals surface area contributed by atoms with E-state index in [4.69, 9.17) is 9.47 Å². The van der Waals surface area contributed by atoms with Gasteiger partial charge in [0.1, 0.15) is 6.61 Å². The molecule has 5 nitrogen and oxygen atoms in total. The number of ether oxygens (including phenoxy) is 2. The molecule has 0 aliphatic rings. The van der Waals surface area contributed by atoms with Crippen LogP contribution in [0.25, 0.3) is 0 Å². The predicted octanol–water partition coefficient (Wildman–Crippen LogP) is 23.9. The van der Waals surface area contributed by atoms with Gasteiger partial charge in [-0.1, -0.05) is 337 Å². The summed E-state index contributed by atoms with van der Waals surface area (Å²) < 4.78 is 10.8. The van der Waals surface area contributed by atoms with Crippen LogP contribution >= 0.6 is 0 Å².